The molecule has 0 bridgehead atoms. The number of pyridine rings is 1. The number of rotatable bonds is 5. The fourth-order valence-corrected chi connectivity index (χ4v) is 3.23. The molecule has 1 aliphatic heterocycles. The average Bonchev–Trinajstić information content (AvgIpc) is 2.64. The molecule has 28 heavy (non-hydrogen) atoms. The van der Waals surface area contributed by atoms with Crippen LogP contribution >= 0.6 is 0 Å². The maximum Gasteiger partial charge on any atom is 0.404 e. The van der Waals surface area contributed by atoms with Gasteiger partial charge in [0.25, 0.3) is 0 Å². The van der Waals surface area contributed by atoms with Crippen molar-refractivity contribution in [3.05, 3.63) is 39.7 Å². The number of carboxylic acid groups (broad SMARTS) is 1. The lowest BCUT2D eigenvalue weighted by atomic mass is 10.1. The second kappa shape index (κ2) is 7.80. The van der Waals surface area contributed by atoms with Crippen LogP contribution in [0.2, 0.25) is 0 Å². The van der Waals surface area contributed by atoms with Crippen LogP contribution < -0.4 is 21.4 Å². The van der Waals surface area contributed by atoms with Crippen molar-refractivity contribution in [1.82, 2.24) is 9.88 Å². The molecule has 4 N–H and O–H groups in total. The molecule has 0 saturated carbocycles. The Balaban J connectivity index is 2.22. The molecule has 150 valence electrons. The van der Waals surface area contributed by atoms with E-state index in [0.717, 1.165) is 16.8 Å². The van der Waals surface area contributed by atoms with Gasteiger partial charge in [-0.25, -0.2) is 18.4 Å². The van der Waals surface area contributed by atoms with Crippen molar-refractivity contribution in [2.45, 2.75) is 6.54 Å². The molecule has 1 aliphatic rings. The lowest BCUT2D eigenvalue weighted by Crippen LogP contribution is -2.44. The molecule has 9 nitrogen and oxygen atoms in total. The third kappa shape index (κ3) is 3.60. The van der Waals surface area contributed by atoms with Crippen LogP contribution in [0.25, 0.3) is 10.9 Å². The molecule has 0 aliphatic carbocycles. The van der Waals surface area contributed by atoms with Crippen molar-refractivity contribution in [2.24, 2.45) is 5.73 Å². The van der Waals surface area contributed by atoms with Gasteiger partial charge in [0.1, 0.15) is 23.7 Å². The molecular formula is C17H18F2N4O5. The van der Waals surface area contributed by atoms with Crippen LogP contribution in [0, 0.1) is 11.6 Å². The Hall–Kier alpha value is -3.21. The Kier molecular flexibility index (Phi) is 5.45. The SMILES string of the molecule is NC(=O)OCCn1cc(C(=O)O)c(=O)c2cc(F)c(N3CCNCC3)c(F)c21. The fourth-order valence-electron chi connectivity index (χ4n) is 3.23. The number of nitrogens with two attached hydrogens (primary N) is 1. The Morgan fingerprint density at radius 3 is 2.57 bits per heavy atom. The summed E-state index contributed by atoms with van der Waals surface area (Å²) in [6.07, 6.45) is -0.114. The fraction of sp³-hybridized carbons (Fsp3) is 0.353. The van der Waals surface area contributed by atoms with Gasteiger partial charge in [-0.1, -0.05) is 0 Å². The number of carbonyl (C=O) groups excluding carboxylic acids is 1. The highest BCUT2D eigenvalue weighted by Crippen LogP contribution is 2.30. The number of halogens is 2. The van der Waals surface area contributed by atoms with Gasteiger partial charge in [-0.2, -0.15) is 0 Å². The van der Waals surface area contributed by atoms with E-state index in [2.05, 4.69) is 10.1 Å². The summed E-state index contributed by atoms with van der Waals surface area (Å²) in [6, 6.07) is 0.843. The number of anilines is 1. The number of hydrogen-bond acceptors (Lipinski definition) is 6. The van der Waals surface area contributed by atoms with Crippen molar-refractivity contribution in [3.8, 4) is 0 Å². The normalized spacial score (nSPS) is 14.3. The smallest absolute Gasteiger partial charge is 0.404 e. The summed E-state index contributed by atoms with van der Waals surface area (Å²) < 4.78 is 35.7. The number of primary amides is 1. The summed E-state index contributed by atoms with van der Waals surface area (Å²) in [7, 11) is 0. The Labute approximate surface area is 157 Å². The van der Waals surface area contributed by atoms with E-state index in [1.165, 1.54) is 4.90 Å². The van der Waals surface area contributed by atoms with Crippen molar-refractivity contribution in [3.63, 3.8) is 0 Å². The van der Waals surface area contributed by atoms with Gasteiger partial charge in [-0.05, 0) is 6.07 Å². The molecule has 1 saturated heterocycles. The van der Waals surface area contributed by atoms with Gasteiger partial charge in [-0.3, -0.25) is 4.79 Å². The molecule has 1 fully saturated rings. The first kappa shape index (κ1) is 19.5. The predicted octanol–water partition coefficient (Wildman–Crippen LogP) is 0.483. The summed E-state index contributed by atoms with van der Waals surface area (Å²) in [5, 5.41) is 11.9. The standard InChI is InChI=1S/C17H18F2N4O5/c18-11-7-9-13(12(19)14(11)22-3-1-21-2-4-22)23(5-6-28-17(20)27)8-10(15(9)24)16(25)26/h7-8,21H,1-6H2,(H2,20,27)(H,25,26). The van der Waals surface area contributed by atoms with Gasteiger partial charge in [0, 0.05) is 32.4 Å². The lowest BCUT2D eigenvalue weighted by Gasteiger charge is -2.30. The van der Waals surface area contributed by atoms with Gasteiger partial charge in [0.2, 0.25) is 5.43 Å². The minimum absolute atomic E-state index is 0.177. The molecule has 1 aromatic carbocycles. The van der Waals surface area contributed by atoms with Crippen LogP contribution in [-0.4, -0.2) is 54.5 Å². The van der Waals surface area contributed by atoms with Crippen LogP contribution in [-0.2, 0) is 11.3 Å². The number of hydrogen-bond donors (Lipinski definition) is 3. The molecule has 1 aromatic heterocycles. The average molecular weight is 396 g/mol. The zero-order valence-corrected chi connectivity index (χ0v) is 14.7. The molecule has 2 heterocycles. The first-order valence-electron chi connectivity index (χ1n) is 8.47. The van der Waals surface area contributed by atoms with Gasteiger partial charge in [0.15, 0.2) is 5.82 Å². The van der Waals surface area contributed by atoms with Crippen LogP contribution in [0.3, 0.4) is 0 Å². The van der Waals surface area contributed by atoms with Crippen molar-refractivity contribution < 1.29 is 28.2 Å². The highest BCUT2D eigenvalue weighted by molar-refractivity contribution is 5.93. The van der Waals surface area contributed by atoms with E-state index in [1.807, 2.05) is 0 Å². The highest BCUT2D eigenvalue weighted by Gasteiger charge is 2.25. The van der Waals surface area contributed by atoms with Crippen molar-refractivity contribution in [2.75, 3.05) is 37.7 Å². The third-order valence-electron chi connectivity index (χ3n) is 4.47. The lowest BCUT2D eigenvalue weighted by molar-refractivity contribution is 0.0694. The van der Waals surface area contributed by atoms with E-state index < -0.39 is 40.1 Å². The number of nitrogens with one attached hydrogen (secondary N) is 1. The molecule has 0 atom stereocenters. The van der Waals surface area contributed by atoms with Crippen LogP contribution in [0.5, 0.6) is 0 Å². The molecule has 3 rings (SSSR count). The topological polar surface area (TPSA) is 127 Å². The second-order valence-corrected chi connectivity index (χ2v) is 6.19. The van der Waals surface area contributed by atoms with Gasteiger partial charge >= 0.3 is 12.1 Å². The molecule has 11 heteroatoms. The van der Waals surface area contributed by atoms with Crippen LogP contribution in [0.1, 0.15) is 10.4 Å². The molecular weight excluding hydrogens is 378 g/mol. The van der Waals surface area contributed by atoms with E-state index in [4.69, 9.17) is 5.73 Å². The summed E-state index contributed by atoms with van der Waals surface area (Å²) in [4.78, 5) is 36.1. The van der Waals surface area contributed by atoms with E-state index in [1.54, 1.807) is 0 Å². The van der Waals surface area contributed by atoms with Crippen LogP contribution in [0.4, 0.5) is 19.3 Å². The number of aromatic carboxylic acids is 1. The van der Waals surface area contributed by atoms with Crippen molar-refractivity contribution in [1.29, 1.82) is 0 Å². The summed E-state index contributed by atoms with van der Waals surface area (Å²) in [5.41, 5.74) is 2.68. The van der Waals surface area contributed by atoms with E-state index in [9.17, 15) is 23.9 Å². The van der Waals surface area contributed by atoms with Gasteiger partial charge in [0.05, 0.1) is 17.4 Å². The summed E-state index contributed by atoms with van der Waals surface area (Å²) in [6.45, 7) is 1.33. The predicted molar refractivity (Wildman–Crippen MR) is 95.7 cm³/mol. The molecule has 0 radical (unpaired) electrons. The zero-order valence-electron chi connectivity index (χ0n) is 14.7. The minimum atomic E-state index is -1.54. The number of fused-ring (bicyclic) bond motifs is 1. The number of aromatic nitrogens is 1. The van der Waals surface area contributed by atoms with Crippen molar-refractivity contribution >= 4 is 28.7 Å². The Morgan fingerprint density at radius 1 is 1.29 bits per heavy atom. The largest absolute Gasteiger partial charge is 0.477 e. The third-order valence-corrected chi connectivity index (χ3v) is 4.47. The molecule has 0 spiro atoms. The van der Waals surface area contributed by atoms with E-state index >= 15 is 4.39 Å². The second-order valence-electron chi connectivity index (χ2n) is 6.19. The first-order chi connectivity index (χ1) is 13.3. The summed E-state index contributed by atoms with van der Waals surface area (Å²) in [5.74, 6) is -3.47. The molecule has 0 unspecified atom stereocenters. The number of amides is 1. The zero-order chi connectivity index (χ0) is 20.4. The number of carbonyl (C=O) groups is 2. The van der Waals surface area contributed by atoms with Crippen LogP contribution in [0.15, 0.2) is 17.1 Å². The number of nitrogens with zero attached hydrogens (tertiary/aromatic N) is 2. The highest BCUT2D eigenvalue weighted by atomic mass is 19.1. The maximum absolute atomic E-state index is 15.3. The minimum Gasteiger partial charge on any atom is -0.477 e. The Morgan fingerprint density at radius 2 is 1.96 bits per heavy atom. The Bertz CT molecular complexity index is 1000. The first-order valence-corrected chi connectivity index (χ1v) is 8.47. The monoisotopic (exact) mass is 396 g/mol. The van der Waals surface area contributed by atoms with Gasteiger partial charge in [-0.15, -0.1) is 0 Å². The number of piperazine rings is 1. The quantitative estimate of drug-likeness (QED) is 0.671. The maximum atomic E-state index is 15.3. The summed E-state index contributed by atoms with van der Waals surface area (Å²) >= 11 is 0. The van der Waals surface area contributed by atoms with Gasteiger partial charge < -0.3 is 30.4 Å². The number of ether oxygens (including phenoxy) is 1. The number of carboxylic acids is 1. The van der Waals surface area contributed by atoms with E-state index in [0.29, 0.717) is 26.2 Å². The number of benzene rings is 1. The molecule has 2 aromatic rings. The molecule has 1 amide bonds. The van der Waals surface area contributed by atoms with E-state index in [-0.39, 0.29) is 24.4 Å².